The predicted molar refractivity (Wildman–Crippen MR) is 32.3 cm³/mol. The van der Waals surface area contributed by atoms with E-state index in [-0.39, 0.29) is 12.5 Å². The van der Waals surface area contributed by atoms with Crippen LogP contribution in [0.25, 0.3) is 0 Å². The number of aliphatic hydroxyl groups excluding tert-OH is 3. The lowest BCUT2D eigenvalue weighted by atomic mass is 10.0. The summed E-state index contributed by atoms with van der Waals surface area (Å²) in [6, 6.07) is 0. The van der Waals surface area contributed by atoms with Crippen molar-refractivity contribution in [2.45, 2.75) is 24.8 Å². The molecule has 11 heavy (non-hydrogen) atoms. The second kappa shape index (κ2) is 2.40. The summed E-state index contributed by atoms with van der Waals surface area (Å²) in [5, 5.41) is 27.3. The first-order chi connectivity index (χ1) is 5.20. The van der Waals surface area contributed by atoms with E-state index < -0.39 is 24.8 Å². The molecule has 2 aliphatic rings. The van der Waals surface area contributed by atoms with Gasteiger partial charge in [0.05, 0.1) is 6.61 Å². The van der Waals surface area contributed by atoms with Gasteiger partial charge in [-0.05, 0) is 0 Å². The summed E-state index contributed by atoms with van der Waals surface area (Å²) in [6.07, 6.45) is -3.69. The molecular formula is C6H10O5. The molecular weight excluding hydrogens is 152 g/mol. The van der Waals surface area contributed by atoms with Crippen molar-refractivity contribution in [1.82, 2.24) is 0 Å². The van der Waals surface area contributed by atoms with Crippen LogP contribution in [0, 0.1) is 5.92 Å². The summed E-state index contributed by atoms with van der Waals surface area (Å²) in [6.45, 7) is 0.240. The number of fused-ring (bicyclic) bond motifs is 1. The van der Waals surface area contributed by atoms with Gasteiger partial charge in [0.15, 0.2) is 12.6 Å². The van der Waals surface area contributed by atoms with E-state index in [9.17, 15) is 5.11 Å². The highest BCUT2D eigenvalue weighted by Crippen LogP contribution is 2.33. The second-order valence-electron chi connectivity index (χ2n) is 2.87. The molecule has 2 saturated heterocycles. The fourth-order valence-electron chi connectivity index (χ4n) is 1.52. The monoisotopic (exact) mass is 162 g/mol. The van der Waals surface area contributed by atoms with Crippen molar-refractivity contribution in [3.05, 3.63) is 0 Å². The van der Waals surface area contributed by atoms with E-state index in [4.69, 9.17) is 19.7 Å². The van der Waals surface area contributed by atoms with Gasteiger partial charge in [0.1, 0.15) is 12.2 Å². The first kappa shape index (κ1) is 7.45. The van der Waals surface area contributed by atoms with Crippen LogP contribution in [0.1, 0.15) is 0 Å². The van der Waals surface area contributed by atoms with Gasteiger partial charge >= 0.3 is 0 Å². The molecule has 5 atom stereocenters. The fourth-order valence-corrected chi connectivity index (χ4v) is 1.52. The van der Waals surface area contributed by atoms with Gasteiger partial charge < -0.3 is 24.8 Å². The highest BCUT2D eigenvalue weighted by atomic mass is 16.7. The van der Waals surface area contributed by atoms with Gasteiger partial charge in [-0.3, -0.25) is 0 Å². The van der Waals surface area contributed by atoms with Crippen LogP contribution in [0.2, 0.25) is 0 Å². The minimum Gasteiger partial charge on any atom is -0.387 e. The molecule has 0 aromatic heterocycles. The van der Waals surface area contributed by atoms with Crippen LogP contribution in [0.4, 0.5) is 0 Å². The third-order valence-electron chi connectivity index (χ3n) is 2.19. The van der Waals surface area contributed by atoms with E-state index in [2.05, 4.69) is 0 Å². The molecule has 0 radical (unpaired) electrons. The third kappa shape index (κ3) is 0.969. The standard InChI is InChI=1S/C6H10O5/c7-3-2-1-10-6(9)4(2)11-5(3)8/h2-9H,1H2/t2-,3-,4-,5+,6-/m1/s1. The smallest absolute Gasteiger partial charge is 0.181 e. The normalized spacial score (nSPS) is 56.5. The van der Waals surface area contributed by atoms with Crippen molar-refractivity contribution < 1.29 is 24.8 Å². The zero-order chi connectivity index (χ0) is 8.01. The molecule has 5 nitrogen and oxygen atoms in total. The Bertz CT molecular complexity index is 161. The van der Waals surface area contributed by atoms with Gasteiger partial charge in [-0.2, -0.15) is 0 Å². The SMILES string of the molecule is O[C@@H]1[C@H]2CO[C@@H](O)[C@@H]2O[C@@H]1O. The van der Waals surface area contributed by atoms with Crippen molar-refractivity contribution in [2.75, 3.05) is 6.61 Å². The fraction of sp³-hybridized carbons (Fsp3) is 1.00. The van der Waals surface area contributed by atoms with Crippen LogP contribution in [-0.4, -0.2) is 46.7 Å². The molecule has 0 unspecified atom stereocenters. The maximum Gasteiger partial charge on any atom is 0.181 e. The Balaban J connectivity index is 2.12. The van der Waals surface area contributed by atoms with Crippen molar-refractivity contribution in [2.24, 2.45) is 5.92 Å². The third-order valence-corrected chi connectivity index (χ3v) is 2.19. The molecule has 0 amide bonds. The first-order valence-corrected chi connectivity index (χ1v) is 3.51. The first-order valence-electron chi connectivity index (χ1n) is 3.51. The average molecular weight is 162 g/mol. The Morgan fingerprint density at radius 1 is 1.09 bits per heavy atom. The van der Waals surface area contributed by atoms with E-state index in [1.165, 1.54) is 0 Å². The number of hydrogen-bond acceptors (Lipinski definition) is 5. The molecule has 2 aliphatic heterocycles. The molecule has 64 valence electrons. The molecule has 2 heterocycles. The number of aliphatic hydroxyl groups is 3. The Hall–Kier alpha value is -0.200. The maximum atomic E-state index is 9.22. The average Bonchev–Trinajstić information content (AvgIpc) is 2.43. The van der Waals surface area contributed by atoms with E-state index in [0.717, 1.165) is 0 Å². The van der Waals surface area contributed by atoms with Crippen molar-refractivity contribution in [3.8, 4) is 0 Å². The van der Waals surface area contributed by atoms with Gasteiger partial charge in [-0.25, -0.2) is 0 Å². The molecule has 5 heteroatoms. The van der Waals surface area contributed by atoms with Gasteiger partial charge in [0.25, 0.3) is 0 Å². The topological polar surface area (TPSA) is 79.2 Å². The van der Waals surface area contributed by atoms with Crippen LogP contribution in [0.3, 0.4) is 0 Å². The number of rotatable bonds is 0. The van der Waals surface area contributed by atoms with Gasteiger partial charge in [0.2, 0.25) is 0 Å². The molecule has 2 rings (SSSR count). The zero-order valence-electron chi connectivity index (χ0n) is 5.75. The molecule has 0 aromatic rings. The Morgan fingerprint density at radius 3 is 2.45 bits per heavy atom. The minimum atomic E-state index is -1.18. The highest BCUT2D eigenvalue weighted by molar-refractivity contribution is 4.91. The van der Waals surface area contributed by atoms with E-state index in [1.54, 1.807) is 0 Å². The Kier molecular flexibility index (Phi) is 1.62. The largest absolute Gasteiger partial charge is 0.387 e. The van der Waals surface area contributed by atoms with Crippen LogP contribution < -0.4 is 0 Å². The van der Waals surface area contributed by atoms with E-state index in [0.29, 0.717) is 0 Å². The second-order valence-corrected chi connectivity index (χ2v) is 2.87. The summed E-state index contributed by atoms with van der Waals surface area (Å²) in [4.78, 5) is 0. The minimum absolute atomic E-state index is 0.240. The van der Waals surface area contributed by atoms with E-state index >= 15 is 0 Å². The summed E-state index contributed by atoms with van der Waals surface area (Å²) < 4.78 is 9.64. The summed E-state index contributed by atoms with van der Waals surface area (Å²) in [7, 11) is 0. The van der Waals surface area contributed by atoms with Crippen molar-refractivity contribution >= 4 is 0 Å². The van der Waals surface area contributed by atoms with E-state index in [1.807, 2.05) is 0 Å². The lowest BCUT2D eigenvalue weighted by Gasteiger charge is -2.11. The molecule has 0 saturated carbocycles. The van der Waals surface area contributed by atoms with Gasteiger partial charge in [0, 0.05) is 5.92 Å². The lowest BCUT2D eigenvalue weighted by molar-refractivity contribution is -0.189. The van der Waals surface area contributed by atoms with Crippen LogP contribution in [0.15, 0.2) is 0 Å². The summed E-state index contributed by atoms with van der Waals surface area (Å²) in [5.41, 5.74) is 0. The molecule has 0 aromatic carbocycles. The quantitative estimate of drug-likeness (QED) is 0.385. The predicted octanol–water partition coefficient (Wildman–Crippen LogP) is -1.97. The summed E-state index contributed by atoms with van der Waals surface area (Å²) >= 11 is 0. The highest BCUT2D eigenvalue weighted by Gasteiger charge is 2.50. The molecule has 2 fully saturated rings. The molecule has 0 aliphatic carbocycles. The number of hydrogen-bond donors (Lipinski definition) is 3. The maximum absolute atomic E-state index is 9.22. The zero-order valence-corrected chi connectivity index (χ0v) is 5.75. The molecule has 0 spiro atoms. The van der Waals surface area contributed by atoms with Gasteiger partial charge in [-0.15, -0.1) is 0 Å². The molecule has 0 bridgehead atoms. The molecule has 3 N–H and O–H groups in total. The van der Waals surface area contributed by atoms with Crippen LogP contribution >= 0.6 is 0 Å². The Morgan fingerprint density at radius 2 is 1.82 bits per heavy atom. The van der Waals surface area contributed by atoms with Crippen LogP contribution in [0.5, 0.6) is 0 Å². The van der Waals surface area contributed by atoms with Crippen LogP contribution in [-0.2, 0) is 9.47 Å². The summed E-state index contributed by atoms with van der Waals surface area (Å²) in [5.74, 6) is -0.292. The Labute approximate surface area is 63.2 Å². The van der Waals surface area contributed by atoms with Crippen molar-refractivity contribution in [1.29, 1.82) is 0 Å². The number of ether oxygens (including phenoxy) is 2. The van der Waals surface area contributed by atoms with Crippen molar-refractivity contribution in [3.63, 3.8) is 0 Å². The van der Waals surface area contributed by atoms with Gasteiger partial charge in [-0.1, -0.05) is 0 Å². The lowest BCUT2D eigenvalue weighted by Crippen LogP contribution is -2.27.